The highest BCUT2D eigenvalue weighted by Crippen LogP contribution is 2.38. The molecule has 0 spiro atoms. The maximum atomic E-state index is 12.4. The summed E-state index contributed by atoms with van der Waals surface area (Å²) in [6.45, 7) is 0.687. The Morgan fingerprint density at radius 2 is 1.87 bits per heavy atom. The molecule has 1 saturated carbocycles. The van der Waals surface area contributed by atoms with Crippen molar-refractivity contribution in [2.45, 2.75) is 25.3 Å². The van der Waals surface area contributed by atoms with Crippen LogP contribution in [0.5, 0.6) is 23.0 Å². The number of pyridine rings is 1. The first-order chi connectivity index (χ1) is 14.7. The Morgan fingerprint density at radius 3 is 2.63 bits per heavy atom. The number of hydrogen-bond acceptors (Lipinski definition) is 5. The molecule has 0 bridgehead atoms. The number of urea groups is 1. The van der Waals surface area contributed by atoms with Crippen molar-refractivity contribution >= 4 is 22.6 Å². The number of amides is 2. The van der Waals surface area contributed by atoms with Crippen molar-refractivity contribution in [3.05, 3.63) is 48.2 Å². The van der Waals surface area contributed by atoms with Gasteiger partial charge < -0.3 is 19.5 Å². The molecular formula is C23H23N3O4. The van der Waals surface area contributed by atoms with Crippen molar-refractivity contribution < 1.29 is 19.0 Å². The predicted octanol–water partition coefficient (Wildman–Crippen LogP) is 4.28. The third-order valence-corrected chi connectivity index (χ3v) is 5.53. The molecule has 5 rings (SSSR count). The van der Waals surface area contributed by atoms with Crippen molar-refractivity contribution in [1.29, 1.82) is 0 Å². The molecule has 2 amide bonds. The van der Waals surface area contributed by atoms with Crippen LogP contribution < -0.4 is 24.4 Å². The number of ether oxygens (including phenoxy) is 3. The van der Waals surface area contributed by atoms with Crippen LogP contribution in [0.1, 0.15) is 18.4 Å². The number of aromatic nitrogens is 1. The van der Waals surface area contributed by atoms with Gasteiger partial charge in [-0.3, -0.25) is 9.88 Å². The molecule has 30 heavy (non-hydrogen) atoms. The van der Waals surface area contributed by atoms with E-state index in [-0.39, 0.29) is 6.03 Å². The fourth-order valence-electron chi connectivity index (χ4n) is 3.80. The van der Waals surface area contributed by atoms with Gasteiger partial charge in [-0.05, 0) is 55.2 Å². The Balaban J connectivity index is 1.42. The predicted molar refractivity (Wildman–Crippen MR) is 114 cm³/mol. The second-order valence-electron chi connectivity index (χ2n) is 7.55. The van der Waals surface area contributed by atoms with E-state index in [0.717, 1.165) is 47.2 Å². The summed E-state index contributed by atoms with van der Waals surface area (Å²) in [6.07, 6.45) is 4.68. The molecule has 0 saturated heterocycles. The van der Waals surface area contributed by atoms with Crippen LogP contribution in [0.4, 0.5) is 10.5 Å². The van der Waals surface area contributed by atoms with Crippen LogP contribution >= 0.6 is 0 Å². The van der Waals surface area contributed by atoms with Crippen molar-refractivity contribution in [2.75, 3.05) is 25.7 Å². The largest absolute Gasteiger partial charge is 0.493 e. The van der Waals surface area contributed by atoms with Gasteiger partial charge in [0.2, 0.25) is 0 Å². The van der Waals surface area contributed by atoms with Gasteiger partial charge in [0.25, 0.3) is 0 Å². The summed E-state index contributed by atoms with van der Waals surface area (Å²) in [5.41, 5.74) is 2.82. The van der Waals surface area contributed by atoms with Gasteiger partial charge in [-0.1, -0.05) is 0 Å². The average Bonchev–Trinajstić information content (AvgIpc) is 3.48. The molecule has 3 aromatic rings. The van der Waals surface area contributed by atoms with Crippen LogP contribution in [0.15, 0.2) is 42.6 Å². The van der Waals surface area contributed by atoms with E-state index in [2.05, 4.69) is 10.3 Å². The number of anilines is 1. The van der Waals surface area contributed by atoms with E-state index in [4.69, 9.17) is 14.2 Å². The molecule has 0 radical (unpaired) electrons. The monoisotopic (exact) mass is 405 g/mol. The Hall–Kier alpha value is -3.48. The Labute approximate surface area is 174 Å². The Bertz CT molecular complexity index is 1130. The van der Waals surface area contributed by atoms with E-state index in [1.807, 2.05) is 41.3 Å². The van der Waals surface area contributed by atoms with Crippen molar-refractivity contribution in [3.63, 3.8) is 0 Å². The number of fused-ring (bicyclic) bond motifs is 2. The first-order valence-corrected chi connectivity index (χ1v) is 10.1. The van der Waals surface area contributed by atoms with Crippen LogP contribution in [0.3, 0.4) is 0 Å². The van der Waals surface area contributed by atoms with Crippen molar-refractivity contribution in [2.24, 2.45) is 0 Å². The molecule has 0 unspecified atom stereocenters. The minimum atomic E-state index is -0.00825. The summed E-state index contributed by atoms with van der Waals surface area (Å²) in [5, 5.41) is 3.89. The molecule has 154 valence electrons. The number of methoxy groups -OCH3 is 2. The Morgan fingerprint density at radius 1 is 1.07 bits per heavy atom. The number of benzene rings is 2. The molecular weight excluding hydrogens is 382 g/mol. The normalized spacial score (nSPS) is 15.1. The quantitative estimate of drug-likeness (QED) is 0.686. The lowest BCUT2D eigenvalue weighted by molar-refractivity contribution is 0.246. The molecule has 7 heteroatoms. The minimum absolute atomic E-state index is 0.00825. The molecule has 7 nitrogen and oxygen atoms in total. The second kappa shape index (κ2) is 7.40. The number of hydrogen-bond donors (Lipinski definition) is 1. The summed E-state index contributed by atoms with van der Waals surface area (Å²) in [5.74, 6) is 2.65. The third kappa shape index (κ3) is 3.36. The van der Waals surface area contributed by atoms with Crippen LogP contribution in [-0.4, -0.2) is 37.8 Å². The highest BCUT2D eigenvalue weighted by Gasteiger charge is 2.30. The summed E-state index contributed by atoms with van der Waals surface area (Å²) < 4.78 is 17.0. The van der Waals surface area contributed by atoms with Crippen molar-refractivity contribution in [3.8, 4) is 23.0 Å². The molecule has 1 N–H and O–H groups in total. The molecule has 2 aromatic carbocycles. The van der Waals surface area contributed by atoms with E-state index in [9.17, 15) is 4.79 Å². The van der Waals surface area contributed by atoms with Crippen LogP contribution in [0.2, 0.25) is 0 Å². The van der Waals surface area contributed by atoms with Gasteiger partial charge in [-0.2, -0.15) is 0 Å². The third-order valence-electron chi connectivity index (χ3n) is 5.53. The van der Waals surface area contributed by atoms with E-state index >= 15 is 0 Å². The standard InChI is InChI=1S/C23H23N3O4/c1-28-21-12-17-18(13-22(21)29-2)24-9-7-20(17)30-16-5-6-19-14(11-16)8-10-26(19)23(27)25-15-3-4-15/h5-7,9,11-13,15H,3-4,8,10H2,1-2H3,(H,25,27). The first-order valence-electron chi connectivity index (χ1n) is 10.1. The number of rotatable bonds is 5. The highest BCUT2D eigenvalue weighted by molar-refractivity contribution is 5.94. The fourth-order valence-corrected chi connectivity index (χ4v) is 3.80. The van der Waals surface area contributed by atoms with Gasteiger partial charge in [0.15, 0.2) is 11.5 Å². The van der Waals surface area contributed by atoms with Gasteiger partial charge in [0, 0.05) is 35.9 Å². The molecule has 1 fully saturated rings. The second-order valence-corrected chi connectivity index (χ2v) is 7.55. The van der Waals surface area contributed by atoms with Gasteiger partial charge in [-0.15, -0.1) is 0 Å². The number of nitrogens with one attached hydrogen (secondary N) is 1. The summed E-state index contributed by atoms with van der Waals surface area (Å²) in [7, 11) is 3.20. The zero-order chi connectivity index (χ0) is 20.7. The molecule has 1 aliphatic heterocycles. The van der Waals surface area contributed by atoms with E-state index in [0.29, 0.717) is 29.8 Å². The van der Waals surface area contributed by atoms with E-state index in [1.165, 1.54) is 0 Å². The maximum Gasteiger partial charge on any atom is 0.322 e. The zero-order valence-electron chi connectivity index (χ0n) is 17.0. The molecule has 1 aliphatic carbocycles. The average molecular weight is 405 g/mol. The highest BCUT2D eigenvalue weighted by atomic mass is 16.5. The van der Waals surface area contributed by atoms with Gasteiger partial charge >= 0.3 is 6.03 Å². The molecule has 2 heterocycles. The van der Waals surface area contributed by atoms with E-state index in [1.54, 1.807) is 20.4 Å². The zero-order valence-corrected chi connectivity index (χ0v) is 17.0. The molecule has 0 atom stereocenters. The minimum Gasteiger partial charge on any atom is -0.493 e. The lowest BCUT2D eigenvalue weighted by Gasteiger charge is -2.18. The Kier molecular flexibility index (Phi) is 4.58. The lowest BCUT2D eigenvalue weighted by atomic mass is 10.1. The van der Waals surface area contributed by atoms with Crippen LogP contribution in [-0.2, 0) is 6.42 Å². The fraction of sp³-hybridized carbons (Fsp3) is 0.304. The number of carbonyl (C=O) groups is 1. The number of carbonyl (C=O) groups excluding carboxylic acids is 1. The topological polar surface area (TPSA) is 72.9 Å². The first kappa shape index (κ1) is 18.5. The van der Waals surface area contributed by atoms with Crippen molar-refractivity contribution in [1.82, 2.24) is 10.3 Å². The van der Waals surface area contributed by atoms with E-state index < -0.39 is 0 Å². The summed E-state index contributed by atoms with van der Waals surface area (Å²) >= 11 is 0. The lowest BCUT2D eigenvalue weighted by Crippen LogP contribution is -2.40. The van der Waals surface area contributed by atoms with Gasteiger partial charge in [0.1, 0.15) is 11.5 Å². The number of nitrogens with zero attached hydrogens (tertiary/aromatic N) is 2. The maximum absolute atomic E-state index is 12.4. The summed E-state index contributed by atoms with van der Waals surface area (Å²) in [4.78, 5) is 18.7. The molecule has 1 aromatic heterocycles. The SMILES string of the molecule is COc1cc2nccc(Oc3ccc4c(c3)CCN4C(=O)NC3CC3)c2cc1OC. The van der Waals surface area contributed by atoms with Gasteiger partial charge in [0.05, 0.1) is 19.7 Å². The van der Waals surface area contributed by atoms with Gasteiger partial charge in [-0.25, -0.2) is 4.79 Å². The molecule has 2 aliphatic rings. The summed E-state index contributed by atoms with van der Waals surface area (Å²) in [6, 6.07) is 11.7. The van der Waals surface area contributed by atoms with Crippen LogP contribution in [0, 0.1) is 0 Å². The smallest absolute Gasteiger partial charge is 0.322 e. The van der Waals surface area contributed by atoms with Crippen LogP contribution in [0.25, 0.3) is 10.9 Å².